The molecule has 2 aromatic rings. The SMILES string of the molecule is N#Cc1ccc(Oc2ccc(N=C(N)N=C(N)N)cc2)cc1C#N. The van der Waals surface area contributed by atoms with Gasteiger partial charge in [0.15, 0.2) is 5.96 Å². The molecule has 8 heteroatoms. The molecule has 118 valence electrons. The van der Waals surface area contributed by atoms with Gasteiger partial charge in [-0.1, -0.05) is 0 Å². The third kappa shape index (κ3) is 4.23. The van der Waals surface area contributed by atoms with Crippen LogP contribution in [0.3, 0.4) is 0 Å². The predicted molar refractivity (Wildman–Crippen MR) is 89.5 cm³/mol. The van der Waals surface area contributed by atoms with Gasteiger partial charge in [0.25, 0.3) is 0 Å². The minimum atomic E-state index is -0.176. The third-order valence-electron chi connectivity index (χ3n) is 2.79. The monoisotopic (exact) mass is 319 g/mol. The molecule has 0 atom stereocenters. The molecule has 0 aliphatic heterocycles. The van der Waals surface area contributed by atoms with E-state index in [4.69, 9.17) is 32.5 Å². The topological polar surface area (TPSA) is 160 Å². The number of aliphatic imine (C=N–C) groups is 2. The van der Waals surface area contributed by atoms with E-state index in [0.717, 1.165) is 0 Å². The van der Waals surface area contributed by atoms with E-state index < -0.39 is 0 Å². The highest BCUT2D eigenvalue weighted by atomic mass is 16.5. The molecule has 0 bridgehead atoms. The minimum Gasteiger partial charge on any atom is -0.457 e. The van der Waals surface area contributed by atoms with Gasteiger partial charge < -0.3 is 21.9 Å². The quantitative estimate of drug-likeness (QED) is 0.573. The molecular formula is C16H13N7O. The van der Waals surface area contributed by atoms with Crippen LogP contribution < -0.4 is 21.9 Å². The molecule has 2 aromatic carbocycles. The van der Waals surface area contributed by atoms with Crippen LogP contribution in [0.15, 0.2) is 52.4 Å². The lowest BCUT2D eigenvalue weighted by molar-refractivity contribution is 0.482. The van der Waals surface area contributed by atoms with Crippen molar-refractivity contribution in [2.24, 2.45) is 27.2 Å². The van der Waals surface area contributed by atoms with Gasteiger partial charge in [-0.3, -0.25) is 0 Å². The van der Waals surface area contributed by atoms with Crippen molar-refractivity contribution in [2.75, 3.05) is 0 Å². The van der Waals surface area contributed by atoms with Crippen molar-refractivity contribution < 1.29 is 4.74 Å². The molecule has 0 spiro atoms. The number of nitriles is 2. The molecular weight excluding hydrogens is 306 g/mol. The number of guanidine groups is 2. The molecule has 0 fully saturated rings. The number of benzene rings is 2. The van der Waals surface area contributed by atoms with Crippen LogP contribution in [0.1, 0.15) is 11.1 Å². The third-order valence-corrected chi connectivity index (χ3v) is 2.79. The summed E-state index contributed by atoms with van der Waals surface area (Å²) in [6.45, 7) is 0. The summed E-state index contributed by atoms with van der Waals surface area (Å²) < 4.78 is 5.64. The zero-order valence-electron chi connectivity index (χ0n) is 12.5. The second kappa shape index (κ2) is 7.29. The molecule has 8 nitrogen and oxygen atoms in total. The zero-order valence-corrected chi connectivity index (χ0v) is 12.5. The predicted octanol–water partition coefficient (Wildman–Crippen LogP) is 1.44. The van der Waals surface area contributed by atoms with Gasteiger partial charge in [0.2, 0.25) is 5.96 Å². The van der Waals surface area contributed by atoms with Crippen LogP contribution in [-0.4, -0.2) is 11.9 Å². The fourth-order valence-electron chi connectivity index (χ4n) is 1.79. The van der Waals surface area contributed by atoms with Crippen LogP contribution in [0.5, 0.6) is 11.5 Å². The first-order chi connectivity index (χ1) is 11.5. The first-order valence-electron chi connectivity index (χ1n) is 6.68. The largest absolute Gasteiger partial charge is 0.457 e. The summed E-state index contributed by atoms with van der Waals surface area (Å²) in [6.07, 6.45) is 0. The normalized spacial score (nSPS) is 10.3. The van der Waals surface area contributed by atoms with Gasteiger partial charge in [-0.15, -0.1) is 0 Å². The fraction of sp³-hybridized carbons (Fsp3) is 0. The van der Waals surface area contributed by atoms with Crippen LogP contribution in [0, 0.1) is 22.7 Å². The lowest BCUT2D eigenvalue weighted by Crippen LogP contribution is -2.26. The van der Waals surface area contributed by atoms with Gasteiger partial charge in [0.05, 0.1) is 16.8 Å². The fourth-order valence-corrected chi connectivity index (χ4v) is 1.79. The smallest absolute Gasteiger partial charge is 0.223 e. The van der Waals surface area contributed by atoms with Crippen molar-refractivity contribution in [2.45, 2.75) is 0 Å². The number of hydrogen-bond acceptors (Lipinski definition) is 4. The Morgan fingerprint density at radius 2 is 1.50 bits per heavy atom. The van der Waals surface area contributed by atoms with Crippen molar-refractivity contribution in [3.8, 4) is 23.6 Å². The van der Waals surface area contributed by atoms with Crippen molar-refractivity contribution in [1.29, 1.82) is 10.5 Å². The Hall–Kier alpha value is -4.04. The summed E-state index contributed by atoms with van der Waals surface area (Å²) in [4.78, 5) is 7.62. The van der Waals surface area contributed by atoms with E-state index in [1.807, 2.05) is 12.1 Å². The van der Waals surface area contributed by atoms with Crippen LogP contribution in [0.2, 0.25) is 0 Å². The maximum absolute atomic E-state index is 9.01. The van der Waals surface area contributed by atoms with Gasteiger partial charge in [0.1, 0.15) is 23.6 Å². The first-order valence-corrected chi connectivity index (χ1v) is 6.68. The molecule has 0 heterocycles. The second-order valence-corrected chi connectivity index (χ2v) is 4.53. The molecule has 6 N–H and O–H groups in total. The molecule has 0 radical (unpaired) electrons. The number of nitrogens with two attached hydrogens (primary N) is 3. The molecule has 24 heavy (non-hydrogen) atoms. The van der Waals surface area contributed by atoms with E-state index in [1.165, 1.54) is 12.1 Å². The van der Waals surface area contributed by atoms with E-state index in [2.05, 4.69) is 9.98 Å². The summed E-state index contributed by atoms with van der Waals surface area (Å²) in [5, 5.41) is 17.9. The van der Waals surface area contributed by atoms with E-state index in [9.17, 15) is 0 Å². The molecule has 2 rings (SSSR count). The summed E-state index contributed by atoms with van der Waals surface area (Å²) in [5.41, 5.74) is 17.0. The van der Waals surface area contributed by atoms with Crippen LogP contribution >= 0.6 is 0 Å². The Labute approximate surface area is 138 Å². The lowest BCUT2D eigenvalue weighted by Gasteiger charge is -2.06. The summed E-state index contributed by atoms with van der Waals surface area (Å²) in [7, 11) is 0. The van der Waals surface area contributed by atoms with E-state index >= 15 is 0 Å². The van der Waals surface area contributed by atoms with Gasteiger partial charge in [-0.2, -0.15) is 15.5 Å². The first kappa shape index (κ1) is 16.3. The van der Waals surface area contributed by atoms with Crippen molar-refractivity contribution in [3.05, 3.63) is 53.6 Å². The van der Waals surface area contributed by atoms with Crippen molar-refractivity contribution in [1.82, 2.24) is 0 Å². The maximum Gasteiger partial charge on any atom is 0.223 e. The maximum atomic E-state index is 9.01. The number of ether oxygens (including phenoxy) is 1. The highest BCUT2D eigenvalue weighted by Gasteiger charge is 2.05. The van der Waals surface area contributed by atoms with Gasteiger partial charge in [-0.25, -0.2) is 4.99 Å². The summed E-state index contributed by atoms with van der Waals surface area (Å²) in [6, 6.07) is 15.2. The van der Waals surface area contributed by atoms with Crippen LogP contribution in [0.25, 0.3) is 0 Å². The van der Waals surface area contributed by atoms with E-state index in [-0.39, 0.29) is 17.5 Å². The van der Waals surface area contributed by atoms with Gasteiger partial charge >= 0.3 is 0 Å². The standard InChI is InChI=1S/C16H13N7O/c17-8-10-1-4-14(7-11(10)9-18)24-13-5-2-12(3-6-13)22-16(21)23-15(19)20/h1-7H,(H6,19,20,21,22,23). The number of rotatable bonds is 3. The zero-order chi connectivity index (χ0) is 17.5. The second-order valence-electron chi connectivity index (χ2n) is 4.53. The molecule has 0 saturated carbocycles. The molecule has 0 aliphatic carbocycles. The van der Waals surface area contributed by atoms with Gasteiger partial charge in [0, 0.05) is 0 Å². The molecule has 0 aromatic heterocycles. The Balaban J connectivity index is 2.17. The highest BCUT2D eigenvalue weighted by molar-refractivity contribution is 5.93. The Kier molecular flexibility index (Phi) is 4.96. The Bertz CT molecular complexity index is 882. The highest BCUT2D eigenvalue weighted by Crippen LogP contribution is 2.25. The number of hydrogen-bond donors (Lipinski definition) is 3. The van der Waals surface area contributed by atoms with Crippen molar-refractivity contribution in [3.63, 3.8) is 0 Å². The molecule has 0 aliphatic rings. The average Bonchev–Trinajstić information content (AvgIpc) is 2.55. The van der Waals surface area contributed by atoms with Gasteiger partial charge in [-0.05, 0) is 42.5 Å². The molecule has 0 amide bonds. The average molecular weight is 319 g/mol. The van der Waals surface area contributed by atoms with Crippen LogP contribution in [-0.2, 0) is 0 Å². The molecule has 0 unspecified atom stereocenters. The van der Waals surface area contributed by atoms with E-state index in [1.54, 1.807) is 30.3 Å². The lowest BCUT2D eigenvalue weighted by atomic mass is 10.1. The minimum absolute atomic E-state index is 0.0607. The number of nitrogens with zero attached hydrogens (tertiary/aromatic N) is 4. The Morgan fingerprint density at radius 1 is 0.875 bits per heavy atom. The Morgan fingerprint density at radius 3 is 2.08 bits per heavy atom. The van der Waals surface area contributed by atoms with Crippen molar-refractivity contribution >= 4 is 17.6 Å². The summed E-state index contributed by atoms with van der Waals surface area (Å²) in [5.74, 6) is 0.740. The molecule has 0 saturated heterocycles. The summed E-state index contributed by atoms with van der Waals surface area (Å²) >= 11 is 0. The van der Waals surface area contributed by atoms with Crippen LogP contribution in [0.4, 0.5) is 5.69 Å². The van der Waals surface area contributed by atoms with E-state index in [0.29, 0.717) is 22.7 Å².